The standard InChI is InChI=1S/C14H19NO/c15-9-12-3-1-2-4-13(12)16-14-8-10-5-6-11(14)7-10/h1-4,10-11,14H,5-9,15H2/t10-,11+,14-/m0/s1. The van der Waals surface area contributed by atoms with Crippen molar-refractivity contribution < 1.29 is 4.74 Å². The number of para-hydroxylation sites is 1. The summed E-state index contributed by atoms with van der Waals surface area (Å²) in [7, 11) is 0. The number of ether oxygens (including phenoxy) is 1. The Morgan fingerprint density at radius 2 is 2.06 bits per heavy atom. The van der Waals surface area contributed by atoms with E-state index in [2.05, 4.69) is 6.07 Å². The second kappa shape index (κ2) is 4.10. The lowest BCUT2D eigenvalue weighted by Gasteiger charge is -2.24. The van der Waals surface area contributed by atoms with Crippen LogP contribution in [-0.4, -0.2) is 6.10 Å². The van der Waals surface area contributed by atoms with Crippen LogP contribution < -0.4 is 10.5 Å². The van der Waals surface area contributed by atoms with Gasteiger partial charge in [0.05, 0.1) is 0 Å². The minimum absolute atomic E-state index is 0.450. The molecule has 3 atom stereocenters. The highest BCUT2D eigenvalue weighted by Crippen LogP contribution is 2.46. The molecule has 0 aliphatic heterocycles. The zero-order valence-electron chi connectivity index (χ0n) is 9.56. The number of rotatable bonds is 3. The van der Waals surface area contributed by atoms with Crippen molar-refractivity contribution >= 4 is 0 Å². The average molecular weight is 217 g/mol. The highest BCUT2D eigenvalue weighted by atomic mass is 16.5. The van der Waals surface area contributed by atoms with Crippen molar-refractivity contribution in [3.63, 3.8) is 0 Å². The van der Waals surface area contributed by atoms with E-state index in [-0.39, 0.29) is 0 Å². The third kappa shape index (κ3) is 1.71. The fraction of sp³-hybridized carbons (Fsp3) is 0.571. The Morgan fingerprint density at radius 3 is 2.75 bits per heavy atom. The van der Waals surface area contributed by atoms with Crippen molar-refractivity contribution in [3.05, 3.63) is 29.8 Å². The molecule has 0 saturated heterocycles. The molecule has 2 nitrogen and oxygen atoms in total. The summed E-state index contributed by atoms with van der Waals surface area (Å²) in [6.45, 7) is 0.566. The molecule has 2 aliphatic rings. The predicted octanol–water partition coefficient (Wildman–Crippen LogP) is 2.71. The second-order valence-corrected chi connectivity index (χ2v) is 5.14. The Hall–Kier alpha value is -1.02. The van der Waals surface area contributed by atoms with Gasteiger partial charge in [-0.3, -0.25) is 0 Å². The summed E-state index contributed by atoms with van der Waals surface area (Å²) in [5.41, 5.74) is 6.85. The van der Waals surface area contributed by atoms with Crippen LogP contribution in [0.25, 0.3) is 0 Å². The Labute approximate surface area is 96.8 Å². The first-order valence-electron chi connectivity index (χ1n) is 6.31. The van der Waals surface area contributed by atoms with Crippen LogP contribution in [0.15, 0.2) is 24.3 Å². The fourth-order valence-corrected chi connectivity index (χ4v) is 3.28. The second-order valence-electron chi connectivity index (χ2n) is 5.14. The van der Waals surface area contributed by atoms with Gasteiger partial charge in [-0.05, 0) is 43.6 Å². The molecule has 0 unspecified atom stereocenters. The summed E-state index contributed by atoms with van der Waals surface area (Å²) < 4.78 is 6.15. The van der Waals surface area contributed by atoms with Crippen LogP contribution in [0.1, 0.15) is 31.2 Å². The van der Waals surface area contributed by atoms with Crippen molar-refractivity contribution in [2.24, 2.45) is 17.6 Å². The molecule has 86 valence electrons. The molecule has 0 amide bonds. The molecular weight excluding hydrogens is 198 g/mol. The molecule has 2 saturated carbocycles. The van der Waals surface area contributed by atoms with E-state index in [0.29, 0.717) is 12.6 Å². The number of hydrogen-bond acceptors (Lipinski definition) is 2. The van der Waals surface area contributed by atoms with E-state index in [9.17, 15) is 0 Å². The van der Waals surface area contributed by atoms with Gasteiger partial charge in [0, 0.05) is 12.1 Å². The molecule has 1 aromatic carbocycles. The molecule has 2 fully saturated rings. The molecule has 2 bridgehead atoms. The summed E-state index contributed by atoms with van der Waals surface area (Å²) in [5, 5.41) is 0. The Balaban J connectivity index is 1.74. The minimum atomic E-state index is 0.450. The lowest BCUT2D eigenvalue weighted by atomic mass is 9.97. The third-order valence-electron chi connectivity index (χ3n) is 4.14. The van der Waals surface area contributed by atoms with E-state index >= 15 is 0 Å². The molecule has 0 aromatic heterocycles. The summed E-state index contributed by atoms with van der Waals surface area (Å²) in [6, 6.07) is 8.16. The van der Waals surface area contributed by atoms with Crippen LogP contribution in [0.4, 0.5) is 0 Å². The highest BCUT2D eigenvalue weighted by Gasteiger charge is 2.41. The lowest BCUT2D eigenvalue weighted by molar-refractivity contribution is 0.137. The van der Waals surface area contributed by atoms with Gasteiger partial charge in [0.1, 0.15) is 11.9 Å². The molecule has 0 spiro atoms. The summed E-state index contributed by atoms with van der Waals surface area (Å²) in [6.07, 6.45) is 5.87. The fourth-order valence-electron chi connectivity index (χ4n) is 3.28. The van der Waals surface area contributed by atoms with Gasteiger partial charge < -0.3 is 10.5 Å². The van der Waals surface area contributed by atoms with Crippen molar-refractivity contribution in [1.29, 1.82) is 0 Å². The van der Waals surface area contributed by atoms with E-state index in [4.69, 9.17) is 10.5 Å². The van der Waals surface area contributed by atoms with Gasteiger partial charge in [-0.1, -0.05) is 18.2 Å². The number of nitrogens with two attached hydrogens (primary N) is 1. The Kier molecular flexibility index (Phi) is 2.60. The molecule has 16 heavy (non-hydrogen) atoms. The van der Waals surface area contributed by atoms with E-state index < -0.39 is 0 Å². The topological polar surface area (TPSA) is 35.2 Å². The van der Waals surface area contributed by atoms with Crippen molar-refractivity contribution in [1.82, 2.24) is 0 Å². The molecular formula is C14H19NO. The van der Waals surface area contributed by atoms with Crippen molar-refractivity contribution in [2.45, 2.75) is 38.3 Å². The number of fused-ring (bicyclic) bond motifs is 2. The Bertz CT molecular complexity index is 377. The van der Waals surface area contributed by atoms with Crippen LogP contribution in [0.5, 0.6) is 5.75 Å². The summed E-state index contributed by atoms with van der Waals surface area (Å²) >= 11 is 0. The largest absolute Gasteiger partial charge is 0.490 e. The van der Waals surface area contributed by atoms with Crippen LogP contribution in [0.2, 0.25) is 0 Å². The quantitative estimate of drug-likeness (QED) is 0.845. The maximum absolute atomic E-state index is 6.15. The molecule has 0 heterocycles. The van der Waals surface area contributed by atoms with Crippen molar-refractivity contribution in [2.75, 3.05) is 0 Å². The molecule has 2 heteroatoms. The van der Waals surface area contributed by atoms with Crippen LogP contribution in [-0.2, 0) is 6.54 Å². The van der Waals surface area contributed by atoms with Gasteiger partial charge >= 0.3 is 0 Å². The van der Waals surface area contributed by atoms with Crippen LogP contribution in [0, 0.1) is 11.8 Å². The normalized spacial score (nSPS) is 31.9. The zero-order valence-corrected chi connectivity index (χ0v) is 9.56. The maximum atomic E-state index is 6.15. The van der Waals surface area contributed by atoms with Gasteiger partial charge in [0.15, 0.2) is 0 Å². The summed E-state index contributed by atoms with van der Waals surface area (Å²) in [5.74, 6) is 2.73. The van der Waals surface area contributed by atoms with E-state index in [0.717, 1.165) is 23.1 Å². The molecule has 2 N–H and O–H groups in total. The smallest absolute Gasteiger partial charge is 0.124 e. The Morgan fingerprint density at radius 1 is 1.19 bits per heavy atom. The van der Waals surface area contributed by atoms with Gasteiger partial charge in [-0.2, -0.15) is 0 Å². The van der Waals surface area contributed by atoms with Crippen LogP contribution in [0.3, 0.4) is 0 Å². The third-order valence-corrected chi connectivity index (χ3v) is 4.14. The van der Waals surface area contributed by atoms with E-state index in [1.807, 2.05) is 18.2 Å². The molecule has 0 radical (unpaired) electrons. The monoisotopic (exact) mass is 217 g/mol. The van der Waals surface area contributed by atoms with Gasteiger partial charge in [0.25, 0.3) is 0 Å². The van der Waals surface area contributed by atoms with Crippen molar-refractivity contribution in [3.8, 4) is 5.75 Å². The number of benzene rings is 1. The molecule has 3 rings (SSSR count). The lowest BCUT2D eigenvalue weighted by Crippen LogP contribution is -2.24. The van der Waals surface area contributed by atoms with Crippen LogP contribution >= 0.6 is 0 Å². The molecule has 2 aliphatic carbocycles. The number of hydrogen-bond donors (Lipinski definition) is 1. The average Bonchev–Trinajstić information content (AvgIpc) is 2.92. The maximum Gasteiger partial charge on any atom is 0.124 e. The highest BCUT2D eigenvalue weighted by molar-refractivity contribution is 5.33. The SMILES string of the molecule is NCc1ccccc1O[C@H]1C[C@H]2CC[C@@H]1C2. The predicted molar refractivity (Wildman–Crippen MR) is 64.2 cm³/mol. The van der Waals surface area contributed by atoms with Gasteiger partial charge in [-0.25, -0.2) is 0 Å². The zero-order chi connectivity index (χ0) is 11.0. The summed E-state index contributed by atoms with van der Waals surface area (Å²) in [4.78, 5) is 0. The first-order valence-corrected chi connectivity index (χ1v) is 6.31. The van der Waals surface area contributed by atoms with Gasteiger partial charge in [-0.15, -0.1) is 0 Å². The van der Waals surface area contributed by atoms with E-state index in [1.54, 1.807) is 0 Å². The molecule has 1 aromatic rings. The minimum Gasteiger partial charge on any atom is -0.490 e. The first-order chi connectivity index (χ1) is 7.86. The van der Waals surface area contributed by atoms with E-state index in [1.165, 1.54) is 25.7 Å². The first kappa shape index (κ1) is 10.2. The van der Waals surface area contributed by atoms with Gasteiger partial charge in [0.2, 0.25) is 0 Å².